The van der Waals surface area contributed by atoms with E-state index in [0.29, 0.717) is 6.54 Å². The van der Waals surface area contributed by atoms with Crippen molar-refractivity contribution in [1.82, 2.24) is 15.5 Å². The molecule has 202 valence electrons. The minimum absolute atomic E-state index is 0.159. The third-order valence-corrected chi connectivity index (χ3v) is 6.63. The molecule has 0 bridgehead atoms. The van der Waals surface area contributed by atoms with Gasteiger partial charge in [-0.25, -0.2) is 4.79 Å². The van der Waals surface area contributed by atoms with Crippen molar-refractivity contribution in [2.24, 2.45) is 0 Å². The number of carbonyl (C=O) groups is 3. The number of hydrogen-bond donors (Lipinski definition) is 4. The van der Waals surface area contributed by atoms with E-state index in [-0.39, 0.29) is 43.2 Å². The van der Waals surface area contributed by atoms with Gasteiger partial charge in [-0.3, -0.25) is 9.59 Å². The van der Waals surface area contributed by atoms with Gasteiger partial charge in [0.2, 0.25) is 5.91 Å². The smallest absolute Gasteiger partial charge is 0.407 e. The molecule has 0 unspecified atom stereocenters. The van der Waals surface area contributed by atoms with Gasteiger partial charge in [0, 0.05) is 11.8 Å². The number of alkyl carbamates (subject to hydrolysis) is 1. The molecule has 0 aliphatic carbocycles. The molecule has 0 saturated carbocycles. The van der Waals surface area contributed by atoms with Gasteiger partial charge in [-0.05, 0) is 30.0 Å². The molecule has 4 N–H and O–H groups in total. The molecule has 0 aromatic heterocycles. The second kappa shape index (κ2) is 15.9. The summed E-state index contributed by atoms with van der Waals surface area (Å²) in [4.78, 5) is 39.6. The zero-order valence-electron chi connectivity index (χ0n) is 21.6. The monoisotopic (exact) mass is 531 g/mol. The van der Waals surface area contributed by atoms with Crippen molar-refractivity contribution < 1.29 is 29.3 Å². The number of aryl methyl sites for hydroxylation is 1. The number of aliphatic hydroxyl groups excluding tert-OH is 2. The maximum atomic E-state index is 13.4. The molecule has 10 heteroatoms. The Labute approximate surface area is 222 Å². The van der Waals surface area contributed by atoms with Crippen LogP contribution in [0.2, 0.25) is 0 Å². The standard InChI is InChI=1S/C27H37N3O6S/c1-19(2)37-18-30(17-24(32)28-16-22-12-8-7-9-20(22)3)26(34)25(33)23(29-27(35)36-14-13-31)15-21-10-5-4-6-11-21/h4-12,19,23,25,31,33H,13-18H2,1-3H3,(H,28,32)(H,29,35)/t23-,25-/m0/s1. The molecular formula is C27H37N3O6S. The minimum atomic E-state index is -1.63. The lowest BCUT2D eigenvalue weighted by molar-refractivity contribution is -0.143. The molecule has 37 heavy (non-hydrogen) atoms. The van der Waals surface area contributed by atoms with Gasteiger partial charge in [-0.15, -0.1) is 11.8 Å². The number of thioether (sulfide) groups is 1. The van der Waals surface area contributed by atoms with E-state index in [1.54, 1.807) is 0 Å². The van der Waals surface area contributed by atoms with Crippen LogP contribution < -0.4 is 10.6 Å². The maximum absolute atomic E-state index is 13.4. The fourth-order valence-corrected chi connectivity index (χ4v) is 4.15. The summed E-state index contributed by atoms with van der Waals surface area (Å²) in [7, 11) is 0. The Bertz CT molecular complexity index is 1000. The van der Waals surface area contributed by atoms with E-state index in [4.69, 9.17) is 9.84 Å². The van der Waals surface area contributed by atoms with Gasteiger partial charge >= 0.3 is 6.09 Å². The van der Waals surface area contributed by atoms with Gasteiger partial charge in [0.1, 0.15) is 13.2 Å². The average Bonchev–Trinajstić information content (AvgIpc) is 2.88. The molecule has 2 aromatic carbocycles. The summed E-state index contributed by atoms with van der Waals surface area (Å²) < 4.78 is 4.87. The number of hydrogen-bond acceptors (Lipinski definition) is 7. The summed E-state index contributed by atoms with van der Waals surface area (Å²) in [5.41, 5.74) is 2.81. The van der Waals surface area contributed by atoms with Crippen LogP contribution in [-0.4, -0.2) is 76.1 Å². The van der Waals surface area contributed by atoms with Gasteiger partial charge in [-0.1, -0.05) is 68.4 Å². The highest BCUT2D eigenvalue weighted by Gasteiger charge is 2.32. The minimum Gasteiger partial charge on any atom is -0.447 e. The molecule has 0 heterocycles. The van der Waals surface area contributed by atoms with Crippen LogP contribution in [0.4, 0.5) is 4.79 Å². The van der Waals surface area contributed by atoms with E-state index in [2.05, 4.69) is 10.6 Å². The number of nitrogens with one attached hydrogen (secondary N) is 2. The van der Waals surface area contributed by atoms with Gasteiger partial charge in [0.25, 0.3) is 5.91 Å². The molecule has 0 saturated heterocycles. The van der Waals surface area contributed by atoms with E-state index in [1.807, 2.05) is 75.4 Å². The van der Waals surface area contributed by atoms with E-state index in [9.17, 15) is 19.5 Å². The van der Waals surface area contributed by atoms with Crippen LogP contribution in [0.5, 0.6) is 0 Å². The number of benzene rings is 2. The van der Waals surface area contributed by atoms with E-state index in [0.717, 1.165) is 16.7 Å². The predicted octanol–water partition coefficient (Wildman–Crippen LogP) is 2.23. The highest BCUT2D eigenvalue weighted by atomic mass is 32.2. The third-order valence-electron chi connectivity index (χ3n) is 5.51. The van der Waals surface area contributed by atoms with Crippen LogP contribution in [0, 0.1) is 6.92 Å². The van der Waals surface area contributed by atoms with Gasteiger partial charge < -0.3 is 30.5 Å². The molecule has 2 rings (SSSR count). The second-order valence-electron chi connectivity index (χ2n) is 8.83. The highest BCUT2D eigenvalue weighted by Crippen LogP contribution is 2.15. The van der Waals surface area contributed by atoms with Crippen LogP contribution in [0.1, 0.15) is 30.5 Å². The first-order valence-electron chi connectivity index (χ1n) is 12.2. The lowest BCUT2D eigenvalue weighted by atomic mass is 10.0. The zero-order valence-corrected chi connectivity index (χ0v) is 22.4. The Hall–Kier alpha value is -3.08. The molecule has 0 radical (unpaired) electrons. The lowest BCUT2D eigenvalue weighted by Crippen LogP contribution is -2.54. The Morgan fingerprint density at radius 1 is 1.05 bits per heavy atom. The van der Waals surface area contributed by atoms with Crippen LogP contribution in [0.25, 0.3) is 0 Å². The van der Waals surface area contributed by atoms with Gasteiger partial charge in [0.05, 0.1) is 18.5 Å². The molecule has 2 atom stereocenters. The van der Waals surface area contributed by atoms with Crippen LogP contribution in [-0.2, 0) is 27.3 Å². The Morgan fingerprint density at radius 2 is 1.73 bits per heavy atom. The fraction of sp³-hybridized carbons (Fsp3) is 0.444. The Balaban J connectivity index is 2.14. The van der Waals surface area contributed by atoms with Gasteiger partial charge in [0.15, 0.2) is 6.10 Å². The SMILES string of the molecule is Cc1ccccc1CNC(=O)CN(CSC(C)C)C(=O)[C@@H](O)[C@H](Cc1ccccc1)NC(=O)OCCO. The van der Waals surface area contributed by atoms with Crippen LogP contribution in [0.3, 0.4) is 0 Å². The molecular weight excluding hydrogens is 494 g/mol. The number of amides is 3. The molecule has 3 amide bonds. The van der Waals surface area contributed by atoms with Crippen molar-refractivity contribution >= 4 is 29.7 Å². The summed E-state index contributed by atoms with van der Waals surface area (Å²) >= 11 is 1.46. The van der Waals surface area contributed by atoms with Crippen molar-refractivity contribution in [3.8, 4) is 0 Å². The topological polar surface area (TPSA) is 128 Å². The molecule has 0 fully saturated rings. The summed E-state index contributed by atoms with van der Waals surface area (Å²) in [5, 5.41) is 25.5. The van der Waals surface area contributed by atoms with Crippen molar-refractivity contribution in [2.45, 2.75) is 51.1 Å². The average molecular weight is 532 g/mol. The zero-order chi connectivity index (χ0) is 27.2. The van der Waals surface area contributed by atoms with E-state index in [1.165, 1.54) is 16.7 Å². The van der Waals surface area contributed by atoms with Crippen molar-refractivity contribution in [1.29, 1.82) is 0 Å². The van der Waals surface area contributed by atoms with Crippen molar-refractivity contribution in [2.75, 3.05) is 25.6 Å². The number of rotatable bonds is 14. The van der Waals surface area contributed by atoms with E-state index >= 15 is 0 Å². The summed E-state index contributed by atoms with van der Waals surface area (Å²) in [6.07, 6.45) is -2.33. The summed E-state index contributed by atoms with van der Waals surface area (Å²) in [6.45, 7) is 5.41. The normalized spacial score (nSPS) is 12.5. The molecule has 2 aromatic rings. The maximum Gasteiger partial charge on any atom is 0.407 e. The Kier molecular flexibility index (Phi) is 13.0. The number of aliphatic hydroxyl groups is 2. The van der Waals surface area contributed by atoms with Crippen LogP contribution >= 0.6 is 11.8 Å². The molecule has 0 spiro atoms. The Morgan fingerprint density at radius 3 is 2.38 bits per heavy atom. The molecule has 0 aliphatic heterocycles. The highest BCUT2D eigenvalue weighted by molar-refractivity contribution is 7.99. The van der Waals surface area contributed by atoms with Gasteiger partial charge in [-0.2, -0.15) is 0 Å². The largest absolute Gasteiger partial charge is 0.447 e. The third kappa shape index (κ3) is 10.8. The number of nitrogens with zero attached hydrogens (tertiary/aromatic N) is 1. The predicted molar refractivity (Wildman–Crippen MR) is 144 cm³/mol. The number of carbonyl (C=O) groups excluding carboxylic acids is 3. The van der Waals surface area contributed by atoms with Crippen molar-refractivity contribution in [3.63, 3.8) is 0 Å². The van der Waals surface area contributed by atoms with Crippen molar-refractivity contribution in [3.05, 3.63) is 71.3 Å². The molecule has 9 nitrogen and oxygen atoms in total. The first kappa shape index (κ1) is 30.1. The lowest BCUT2D eigenvalue weighted by Gasteiger charge is -2.29. The first-order valence-corrected chi connectivity index (χ1v) is 13.2. The van der Waals surface area contributed by atoms with E-state index < -0.39 is 24.1 Å². The summed E-state index contributed by atoms with van der Waals surface area (Å²) in [6, 6.07) is 15.8. The quantitative estimate of drug-likeness (QED) is 0.275. The number of ether oxygens (including phenoxy) is 1. The first-order chi connectivity index (χ1) is 17.7. The fourth-order valence-electron chi connectivity index (χ4n) is 3.46. The van der Waals surface area contributed by atoms with Crippen LogP contribution in [0.15, 0.2) is 54.6 Å². The second-order valence-corrected chi connectivity index (χ2v) is 10.4. The summed E-state index contributed by atoms with van der Waals surface area (Å²) in [5.74, 6) is -0.844. The molecule has 0 aliphatic rings.